The molecule has 0 bridgehead atoms. The molecule has 0 aliphatic heterocycles. The third kappa shape index (κ3) is 2.78. The van der Waals surface area contributed by atoms with E-state index < -0.39 is 0 Å². The normalized spacial score (nSPS) is 10.2. The lowest BCUT2D eigenvalue weighted by Gasteiger charge is -2.01. The minimum Gasteiger partial charge on any atom is -0.326 e. The Hall–Kier alpha value is -1.39. The molecule has 4 heteroatoms. The van der Waals surface area contributed by atoms with Crippen LogP contribution in [0.3, 0.4) is 0 Å². The highest BCUT2D eigenvalue weighted by molar-refractivity contribution is 7.99. The fourth-order valence-corrected chi connectivity index (χ4v) is 1.94. The maximum Gasteiger partial charge on any atom is 0.115 e. The van der Waals surface area contributed by atoms with E-state index in [9.17, 15) is 0 Å². The molecule has 2 rings (SSSR count). The van der Waals surface area contributed by atoms with Crippen molar-refractivity contribution >= 4 is 11.8 Å². The molecular weight excluding hydrogens is 206 g/mol. The molecule has 0 amide bonds. The lowest BCUT2D eigenvalue weighted by molar-refractivity contribution is 1.06. The summed E-state index contributed by atoms with van der Waals surface area (Å²) in [6.07, 6.45) is 5.13. The summed E-state index contributed by atoms with van der Waals surface area (Å²) >= 11 is 1.64. The van der Waals surface area contributed by atoms with Crippen LogP contribution in [0.1, 0.15) is 5.56 Å². The van der Waals surface area contributed by atoms with Crippen molar-refractivity contribution in [2.45, 2.75) is 16.3 Å². The van der Waals surface area contributed by atoms with Crippen LogP contribution in [0.2, 0.25) is 0 Å². The van der Waals surface area contributed by atoms with Gasteiger partial charge in [-0.1, -0.05) is 23.9 Å². The smallest absolute Gasteiger partial charge is 0.115 e. The number of nitrogens with two attached hydrogens (primary N) is 1. The SMILES string of the molecule is NCc1ccc(Sc2cncnc2)cc1. The van der Waals surface area contributed by atoms with E-state index >= 15 is 0 Å². The topological polar surface area (TPSA) is 51.8 Å². The molecule has 0 aliphatic carbocycles. The van der Waals surface area contributed by atoms with Crippen LogP contribution in [0.25, 0.3) is 0 Å². The van der Waals surface area contributed by atoms with E-state index in [0.717, 1.165) is 10.5 Å². The molecule has 0 saturated heterocycles. The maximum atomic E-state index is 5.53. The molecule has 0 radical (unpaired) electrons. The predicted octanol–water partition coefficient (Wildman–Crippen LogP) is 2.09. The molecule has 76 valence electrons. The van der Waals surface area contributed by atoms with Crippen molar-refractivity contribution in [2.75, 3.05) is 0 Å². The second-order valence-electron chi connectivity index (χ2n) is 3.02. The quantitative estimate of drug-likeness (QED) is 0.855. The van der Waals surface area contributed by atoms with Crippen LogP contribution in [0.5, 0.6) is 0 Å². The van der Waals surface area contributed by atoms with Gasteiger partial charge in [-0.2, -0.15) is 0 Å². The van der Waals surface area contributed by atoms with Gasteiger partial charge < -0.3 is 5.73 Å². The van der Waals surface area contributed by atoms with Crippen molar-refractivity contribution in [3.8, 4) is 0 Å². The first-order valence-corrected chi connectivity index (χ1v) is 5.42. The molecule has 15 heavy (non-hydrogen) atoms. The molecule has 0 spiro atoms. The van der Waals surface area contributed by atoms with Crippen LogP contribution in [-0.2, 0) is 6.54 Å². The first kappa shape index (κ1) is 10.1. The predicted molar refractivity (Wildman–Crippen MR) is 60.5 cm³/mol. The molecule has 0 saturated carbocycles. The van der Waals surface area contributed by atoms with Crippen molar-refractivity contribution < 1.29 is 0 Å². The molecule has 0 unspecified atom stereocenters. The Balaban J connectivity index is 2.11. The highest BCUT2D eigenvalue weighted by Gasteiger charge is 1.97. The van der Waals surface area contributed by atoms with Crippen LogP contribution in [0.4, 0.5) is 0 Å². The number of rotatable bonds is 3. The van der Waals surface area contributed by atoms with E-state index in [2.05, 4.69) is 22.1 Å². The van der Waals surface area contributed by atoms with Crippen LogP contribution in [0.15, 0.2) is 52.8 Å². The summed E-state index contributed by atoms with van der Waals surface area (Å²) in [6.45, 7) is 0.583. The molecule has 1 heterocycles. The fourth-order valence-electron chi connectivity index (χ4n) is 1.17. The second-order valence-corrected chi connectivity index (χ2v) is 4.17. The van der Waals surface area contributed by atoms with Crippen molar-refractivity contribution in [2.24, 2.45) is 5.73 Å². The molecule has 3 nitrogen and oxygen atoms in total. The van der Waals surface area contributed by atoms with Crippen molar-refractivity contribution in [1.82, 2.24) is 9.97 Å². The first-order valence-electron chi connectivity index (χ1n) is 4.60. The maximum absolute atomic E-state index is 5.53. The summed E-state index contributed by atoms with van der Waals surface area (Å²) in [6, 6.07) is 8.18. The first-order chi connectivity index (χ1) is 7.38. The number of nitrogens with zero attached hydrogens (tertiary/aromatic N) is 2. The molecular formula is C11H11N3S. The molecule has 2 aromatic rings. The van der Waals surface area contributed by atoms with Crippen molar-refractivity contribution in [3.05, 3.63) is 48.5 Å². The zero-order chi connectivity index (χ0) is 10.5. The average Bonchev–Trinajstić information content (AvgIpc) is 2.31. The molecule has 1 aromatic heterocycles. The van der Waals surface area contributed by atoms with Crippen molar-refractivity contribution in [1.29, 1.82) is 0 Å². The van der Waals surface area contributed by atoms with Gasteiger partial charge >= 0.3 is 0 Å². The lowest BCUT2D eigenvalue weighted by atomic mass is 10.2. The Morgan fingerprint density at radius 3 is 2.27 bits per heavy atom. The van der Waals surface area contributed by atoms with Gasteiger partial charge in [0.2, 0.25) is 0 Å². The Morgan fingerprint density at radius 1 is 1.00 bits per heavy atom. The van der Waals surface area contributed by atoms with Gasteiger partial charge in [0, 0.05) is 28.7 Å². The molecule has 0 fully saturated rings. The Labute approximate surface area is 92.8 Å². The van der Waals surface area contributed by atoms with E-state index in [1.165, 1.54) is 11.2 Å². The summed E-state index contributed by atoms with van der Waals surface area (Å²) in [5.74, 6) is 0. The summed E-state index contributed by atoms with van der Waals surface area (Å²) < 4.78 is 0. The summed E-state index contributed by atoms with van der Waals surface area (Å²) in [5, 5.41) is 0. The van der Waals surface area contributed by atoms with E-state index in [0.29, 0.717) is 6.54 Å². The van der Waals surface area contributed by atoms with Gasteiger partial charge in [0.25, 0.3) is 0 Å². The van der Waals surface area contributed by atoms with Gasteiger partial charge in [-0.3, -0.25) is 0 Å². The summed E-state index contributed by atoms with van der Waals surface area (Å²) in [5.41, 5.74) is 6.67. The van der Waals surface area contributed by atoms with E-state index in [1.54, 1.807) is 24.2 Å². The van der Waals surface area contributed by atoms with E-state index in [4.69, 9.17) is 5.73 Å². The van der Waals surface area contributed by atoms with Gasteiger partial charge in [-0.25, -0.2) is 9.97 Å². The van der Waals surface area contributed by atoms with Gasteiger partial charge in [0.1, 0.15) is 6.33 Å². The lowest BCUT2D eigenvalue weighted by Crippen LogP contribution is -1.94. The van der Waals surface area contributed by atoms with Crippen LogP contribution in [-0.4, -0.2) is 9.97 Å². The third-order valence-corrected chi connectivity index (χ3v) is 2.89. The van der Waals surface area contributed by atoms with Crippen LogP contribution >= 0.6 is 11.8 Å². The zero-order valence-corrected chi connectivity index (χ0v) is 8.95. The van der Waals surface area contributed by atoms with Crippen LogP contribution < -0.4 is 5.73 Å². The number of aromatic nitrogens is 2. The largest absolute Gasteiger partial charge is 0.326 e. The van der Waals surface area contributed by atoms with Gasteiger partial charge in [0.05, 0.1) is 0 Å². The van der Waals surface area contributed by atoms with E-state index in [1.807, 2.05) is 12.1 Å². The van der Waals surface area contributed by atoms with Crippen LogP contribution in [0, 0.1) is 0 Å². The molecule has 0 atom stereocenters. The minimum absolute atomic E-state index is 0.583. The molecule has 2 N–H and O–H groups in total. The summed E-state index contributed by atoms with van der Waals surface area (Å²) in [4.78, 5) is 10.1. The van der Waals surface area contributed by atoms with Gasteiger partial charge in [0.15, 0.2) is 0 Å². The Morgan fingerprint density at radius 2 is 1.67 bits per heavy atom. The number of hydrogen-bond acceptors (Lipinski definition) is 4. The highest BCUT2D eigenvalue weighted by Crippen LogP contribution is 2.26. The van der Waals surface area contributed by atoms with E-state index in [-0.39, 0.29) is 0 Å². The monoisotopic (exact) mass is 217 g/mol. The number of hydrogen-bond donors (Lipinski definition) is 1. The highest BCUT2D eigenvalue weighted by atomic mass is 32.2. The Bertz CT molecular complexity index is 414. The third-order valence-electron chi connectivity index (χ3n) is 1.93. The standard InChI is InChI=1S/C11H11N3S/c12-5-9-1-3-10(4-2-9)15-11-6-13-8-14-7-11/h1-4,6-8H,5,12H2. The zero-order valence-electron chi connectivity index (χ0n) is 8.13. The Kier molecular flexibility index (Phi) is 3.32. The van der Waals surface area contributed by atoms with Gasteiger partial charge in [-0.15, -0.1) is 0 Å². The van der Waals surface area contributed by atoms with Crippen molar-refractivity contribution in [3.63, 3.8) is 0 Å². The average molecular weight is 217 g/mol. The number of benzene rings is 1. The van der Waals surface area contributed by atoms with Gasteiger partial charge in [-0.05, 0) is 17.7 Å². The minimum atomic E-state index is 0.583. The second kappa shape index (κ2) is 4.91. The summed E-state index contributed by atoms with van der Waals surface area (Å²) in [7, 11) is 0. The molecule has 0 aliphatic rings. The fraction of sp³-hybridized carbons (Fsp3) is 0.0909. The molecule has 1 aromatic carbocycles.